The van der Waals surface area contributed by atoms with Crippen LogP contribution in [-0.2, 0) is 6.42 Å². The minimum absolute atomic E-state index is 0.0433. The molecular weight excluding hydrogens is 274 g/mol. The highest BCUT2D eigenvalue weighted by Gasteiger charge is 2.16. The third-order valence-corrected chi connectivity index (χ3v) is 2.91. The summed E-state index contributed by atoms with van der Waals surface area (Å²) >= 11 is 5.76. The zero-order chi connectivity index (χ0) is 14.0. The minimum Gasteiger partial charge on any atom is -0.388 e. The number of halogens is 3. The number of pyridine rings is 1. The second-order valence-corrected chi connectivity index (χ2v) is 4.52. The van der Waals surface area contributed by atoms with Gasteiger partial charge in [0.25, 0.3) is 0 Å². The molecule has 0 aliphatic rings. The lowest BCUT2D eigenvalue weighted by Crippen LogP contribution is -2.08. The molecular formula is C13H11ClF2N2O. The number of nitrogens with two attached hydrogens (primary N) is 1. The summed E-state index contributed by atoms with van der Waals surface area (Å²) < 4.78 is 26.3. The van der Waals surface area contributed by atoms with Gasteiger partial charge < -0.3 is 10.8 Å². The molecule has 3 N–H and O–H groups in total. The molecule has 0 bridgehead atoms. The van der Waals surface area contributed by atoms with Gasteiger partial charge in [0.15, 0.2) is 0 Å². The molecule has 19 heavy (non-hydrogen) atoms. The Morgan fingerprint density at radius 2 is 2.05 bits per heavy atom. The van der Waals surface area contributed by atoms with Crippen LogP contribution in [0.25, 0.3) is 0 Å². The van der Waals surface area contributed by atoms with Gasteiger partial charge in [-0.2, -0.15) is 0 Å². The fraction of sp³-hybridized carbons (Fsp3) is 0.154. The van der Waals surface area contributed by atoms with Gasteiger partial charge in [0.2, 0.25) is 0 Å². The molecule has 0 saturated carbocycles. The molecule has 0 fully saturated rings. The lowest BCUT2D eigenvalue weighted by atomic mass is 10.0. The predicted octanol–water partition coefficient (Wildman–Crippen LogP) is 2.87. The smallest absolute Gasteiger partial charge is 0.129 e. The van der Waals surface area contributed by atoms with Crippen LogP contribution < -0.4 is 5.73 Å². The lowest BCUT2D eigenvalue weighted by molar-refractivity contribution is 0.177. The van der Waals surface area contributed by atoms with E-state index in [0.29, 0.717) is 10.6 Å². The second-order valence-electron chi connectivity index (χ2n) is 4.08. The van der Waals surface area contributed by atoms with Gasteiger partial charge in [-0.25, -0.2) is 13.8 Å². The maximum atomic E-state index is 13.5. The molecule has 6 heteroatoms. The average Bonchev–Trinajstić information content (AvgIpc) is 2.35. The van der Waals surface area contributed by atoms with E-state index in [1.54, 1.807) is 0 Å². The number of anilines is 1. The van der Waals surface area contributed by atoms with Crippen LogP contribution >= 0.6 is 11.6 Å². The van der Waals surface area contributed by atoms with Crippen LogP contribution in [0.1, 0.15) is 17.2 Å². The summed E-state index contributed by atoms with van der Waals surface area (Å²) in [7, 11) is 0. The molecule has 1 aromatic carbocycles. The largest absolute Gasteiger partial charge is 0.388 e. The molecule has 1 atom stereocenters. The summed E-state index contributed by atoms with van der Waals surface area (Å²) in [4.78, 5) is 3.81. The minimum atomic E-state index is -1.06. The molecule has 2 aromatic rings. The maximum absolute atomic E-state index is 13.5. The second kappa shape index (κ2) is 5.50. The molecule has 0 radical (unpaired) electrons. The van der Waals surface area contributed by atoms with Gasteiger partial charge in [-0.15, -0.1) is 0 Å². The highest BCUT2D eigenvalue weighted by atomic mass is 35.5. The quantitative estimate of drug-likeness (QED) is 0.911. The first-order valence-corrected chi connectivity index (χ1v) is 5.88. The number of rotatable bonds is 3. The number of nitrogen functional groups attached to an aromatic ring is 1. The molecule has 1 aromatic heterocycles. The highest BCUT2D eigenvalue weighted by molar-refractivity contribution is 6.30. The van der Waals surface area contributed by atoms with Crippen molar-refractivity contribution in [2.75, 3.05) is 5.73 Å². The summed E-state index contributed by atoms with van der Waals surface area (Å²) in [6.07, 6.45) is 0.246. The Balaban J connectivity index is 2.25. The van der Waals surface area contributed by atoms with E-state index >= 15 is 0 Å². The van der Waals surface area contributed by atoms with Crippen molar-refractivity contribution in [3.8, 4) is 0 Å². The van der Waals surface area contributed by atoms with Crippen LogP contribution in [0, 0.1) is 11.6 Å². The van der Waals surface area contributed by atoms with Crippen molar-refractivity contribution in [2.45, 2.75) is 12.5 Å². The van der Waals surface area contributed by atoms with E-state index in [1.165, 1.54) is 18.3 Å². The van der Waals surface area contributed by atoms with E-state index in [0.717, 1.165) is 12.1 Å². The van der Waals surface area contributed by atoms with Gasteiger partial charge in [0.05, 0.1) is 11.1 Å². The third kappa shape index (κ3) is 3.19. The molecule has 100 valence electrons. The van der Waals surface area contributed by atoms with Crippen molar-refractivity contribution < 1.29 is 13.9 Å². The summed E-state index contributed by atoms with van der Waals surface area (Å²) in [5.41, 5.74) is 6.13. The van der Waals surface area contributed by atoms with Gasteiger partial charge in [-0.3, -0.25) is 0 Å². The normalized spacial score (nSPS) is 12.4. The summed E-state index contributed by atoms with van der Waals surface area (Å²) in [6, 6.07) is 4.64. The molecule has 0 saturated heterocycles. The van der Waals surface area contributed by atoms with E-state index in [2.05, 4.69) is 4.98 Å². The van der Waals surface area contributed by atoms with Crippen LogP contribution in [0.4, 0.5) is 14.6 Å². The first kappa shape index (κ1) is 13.7. The SMILES string of the molecule is Nc1ncc(Cl)cc1C(O)Cc1ccc(F)cc1F. The van der Waals surface area contributed by atoms with Crippen molar-refractivity contribution >= 4 is 17.4 Å². The van der Waals surface area contributed by atoms with E-state index in [9.17, 15) is 13.9 Å². The van der Waals surface area contributed by atoms with E-state index in [-0.39, 0.29) is 17.8 Å². The fourth-order valence-corrected chi connectivity index (χ4v) is 1.90. The average molecular weight is 285 g/mol. The van der Waals surface area contributed by atoms with Crippen LogP contribution in [-0.4, -0.2) is 10.1 Å². The molecule has 0 aliphatic heterocycles. The lowest BCUT2D eigenvalue weighted by Gasteiger charge is -2.13. The third-order valence-electron chi connectivity index (χ3n) is 2.70. The highest BCUT2D eigenvalue weighted by Crippen LogP contribution is 2.26. The molecule has 3 nitrogen and oxygen atoms in total. The van der Waals surface area contributed by atoms with E-state index in [4.69, 9.17) is 17.3 Å². The number of aliphatic hydroxyl groups is 1. The number of aliphatic hydroxyl groups excluding tert-OH is 1. The molecule has 1 heterocycles. The summed E-state index contributed by atoms with van der Waals surface area (Å²) in [6.45, 7) is 0. The van der Waals surface area contributed by atoms with Crippen molar-refractivity contribution in [2.24, 2.45) is 0 Å². The van der Waals surface area contributed by atoms with Crippen LogP contribution in [0.5, 0.6) is 0 Å². The van der Waals surface area contributed by atoms with Gasteiger partial charge in [0.1, 0.15) is 17.5 Å². The standard InChI is InChI=1S/C13H11ClF2N2O/c14-8-4-10(13(17)18-6-8)12(19)3-7-1-2-9(15)5-11(7)16/h1-2,4-6,12,19H,3H2,(H2,17,18). The van der Waals surface area contributed by atoms with Crippen molar-refractivity contribution in [1.82, 2.24) is 4.98 Å². The van der Waals surface area contributed by atoms with Crippen molar-refractivity contribution in [3.63, 3.8) is 0 Å². The number of nitrogens with zero attached hydrogens (tertiary/aromatic N) is 1. The maximum Gasteiger partial charge on any atom is 0.129 e. The van der Waals surface area contributed by atoms with Crippen molar-refractivity contribution in [1.29, 1.82) is 0 Å². The molecule has 0 spiro atoms. The van der Waals surface area contributed by atoms with Crippen molar-refractivity contribution in [3.05, 3.63) is 58.2 Å². The van der Waals surface area contributed by atoms with Gasteiger partial charge in [-0.05, 0) is 17.7 Å². The zero-order valence-corrected chi connectivity index (χ0v) is 10.5. The van der Waals surface area contributed by atoms with E-state index < -0.39 is 17.7 Å². The van der Waals surface area contributed by atoms with E-state index in [1.807, 2.05) is 0 Å². The fourth-order valence-electron chi connectivity index (χ4n) is 1.74. The first-order valence-electron chi connectivity index (χ1n) is 5.50. The summed E-state index contributed by atoms with van der Waals surface area (Å²) in [5, 5.41) is 10.4. The Hall–Kier alpha value is -1.72. The molecule has 0 amide bonds. The first-order chi connectivity index (χ1) is 8.97. The van der Waals surface area contributed by atoms with Gasteiger partial charge in [-0.1, -0.05) is 17.7 Å². The number of hydrogen-bond acceptors (Lipinski definition) is 3. The Bertz CT molecular complexity index is 607. The van der Waals surface area contributed by atoms with Gasteiger partial charge in [0, 0.05) is 24.2 Å². The van der Waals surface area contributed by atoms with Gasteiger partial charge >= 0.3 is 0 Å². The zero-order valence-electron chi connectivity index (χ0n) is 9.78. The Morgan fingerprint density at radius 1 is 1.32 bits per heavy atom. The summed E-state index contributed by atoms with van der Waals surface area (Å²) in [5.74, 6) is -1.26. The number of hydrogen-bond donors (Lipinski definition) is 2. The Labute approximate surface area is 113 Å². The number of benzene rings is 1. The van der Waals surface area contributed by atoms with Crippen LogP contribution in [0.2, 0.25) is 5.02 Å². The molecule has 2 rings (SSSR count). The topological polar surface area (TPSA) is 59.1 Å². The molecule has 0 aliphatic carbocycles. The molecule has 1 unspecified atom stereocenters. The monoisotopic (exact) mass is 284 g/mol. The van der Waals surface area contributed by atoms with Crippen LogP contribution in [0.15, 0.2) is 30.5 Å². The Morgan fingerprint density at radius 3 is 2.74 bits per heavy atom. The Kier molecular flexibility index (Phi) is 3.97. The predicted molar refractivity (Wildman–Crippen MR) is 68.7 cm³/mol. The number of aromatic nitrogens is 1. The van der Waals surface area contributed by atoms with Crippen LogP contribution in [0.3, 0.4) is 0 Å².